The van der Waals surface area contributed by atoms with Crippen molar-refractivity contribution >= 4 is 27.4 Å². The normalized spacial score (nSPS) is 26.2. The minimum Gasteiger partial charge on any atom is -0.391 e. The maximum Gasteiger partial charge on any atom is 0.140 e. The molecule has 4 aromatic rings. The smallest absolute Gasteiger partial charge is 0.140 e. The molecule has 9 heteroatoms. The molecule has 8 nitrogen and oxygen atoms in total. The molecule has 0 bridgehead atoms. The van der Waals surface area contributed by atoms with E-state index < -0.39 is 6.10 Å². The first-order chi connectivity index (χ1) is 14.8. The molecule has 30 heavy (non-hydrogen) atoms. The lowest BCUT2D eigenvalue weighted by molar-refractivity contribution is 0.0299. The fraction of sp³-hybridized carbons (Fsp3) is 0.381. The zero-order valence-corrected chi connectivity index (χ0v) is 17.1. The van der Waals surface area contributed by atoms with Gasteiger partial charge in [0.1, 0.15) is 22.7 Å². The predicted octanol–water partition coefficient (Wildman–Crippen LogP) is 2.79. The van der Waals surface area contributed by atoms with Crippen molar-refractivity contribution in [1.82, 2.24) is 29.9 Å². The summed E-state index contributed by atoms with van der Waals surface area (Å²) in [6.45, 7) is 1.87. The van der Waals surface area contributed by atoms with Crippen LogP contribution in [-0.4, -0.2) is 54.2 Å². The summed E-state index contributed by atoms with van der Waals surface area (Å²) >= 11 is 1.64. The number of nitrogens with zero attached hydrogens (tertiary/aromatic N) is 7. The van der Waals surface area contributed by atoms with E-state index in [0.29, 0.717) is 11.8 Å². The maximum atomic E-state index is 10.9. The van der Waals surface area contributed by atoms with E-state index in [0.717, 1.165) is 53.4 Å². The fourth-order valence-corrected chi connectivity index (χ4v) is 5.69. The molecular formula is C21H21N7OS. The predicted molar refractivity (Wildman–Crippen MR) is 114 cm³/mol. The highest BCUT2D eigenvalue weighted by Gasteiger charge is 2.43. The molecule has 1 aliphatic heterocycles. The van der Waals surface area contributed by atoms with E-state index in [1.165, 1.54) is 0 Å². The average molecular weight is 420 g/mol. The Morgan fingerprint density at radius 1 is 1.00 bits per heavy atom. The highest BCUT2D eigenvalue weighted by molar-refractivity contribution is 7.16. The van der Waals surface area contributed by atoms with Gasteiger partial charge in [0.15, 0.2) is 0 Å². The number of hydrogen-bond donors (Lipinski definition) is 1. The molecule has 1 saturated carbocycles. The Kier molecular flexibility index (Phi) is 4.24. The topological polar surface area (TPSA) is 92.8 Å². The van der Waals surface area contributed by atoms with Crippen LogP contribution in [0.4, 0.5) is 5.82 Å². The van der Waals surface area contributed by atoms with Crippen LogP contribution in [0.3, 0.4) is 0 Å². The van der Waals surface area contributed by atoms with Gasteiger partial charge in [-0.05, 0) is 48.3 Å². The van der Waals surface area contributed by atoms with Crippen molar-refractivity contribution in [1.29, 1.82) is 0 Å². The van der Waals surface area contributed by atoms with Crippen LogP contribution in [-0.2, 0) is 0 Å². The molecule has 1 aliphatic carbocycles. The van der Waals surface area contributed by atoms with Crippen LogP contribution < -0.4 is 4.90 Å². The molecular weight excluding hydrogens is 398 g/mol. The van der Waals surface area contributed by atoms with Gasteiger partial charge in [0.25, 0.3) is 0 Å². The minimum atomic E-state index is -0.434. The van der Waals surface area contributed by atoms with Gasteiger partial charge in [-0.15, -0.1) is 16.4 Å². The maximum absolute atomic E-state index is 10.9. The largest absolute Gasteiger partial charge is 0.391 e. The van der Waals surface area contributed by atoms with Gasteiger partial charge in [0.2, 0.25) is 0 Å². The second-order valence-electron chi connectivity index (χ2n) is 8.17. The van der Waals surface area contributed by atoms with Crippen LogP contribution in [0.25, 0.3) is 21.6 Å². The minimum absolute atomic E-state index is 0.0669. The summed E-state index contributed by atoms with van der Waals surface area (Å²) in [5.74, 6) is 1.96. The lowest BCUT2D eigenvalue weighted by atomic mass is 9.77. The quantitative estimate of drug-likeness (QED) is 0.546. The molecule has 2 aliphatic rings. The van der Waals surface area contributed by atoms with Crippen LogP contribution in [0, 0.1) is 11.8 Å². The number of pyridine rings is 1. The highest BCUT2D eigenvalue weighted by Crippen LogP contribution is 2.43. The average Bonchev–Trinajstić information content (AvgIpc) is 3.52. The number of aromatic nitrogens is 6. The molecule has 152 valence electrons. The number of thiophene rings is 1. The molecule has 0 aromatic carbocycles. The van der Waals surface area contributed by atoms with Gasteiger partial charge in [-0.25, -0.2) is 14.6 Å². The molecule has 4 atom stereocenters. The first kappa shape index (κ1) is 17.9. The SMILES string of the molecule is O[C@@H]1C[C@H]2CN(c3ncnc4sccc34)C[C@H]2C[C@H]1n1cc(-c2ccccn2)nn1. The summed E-state index contributed by atoms with van der Waals surface area (Å²) in [7, 11) is 0. The third-order valence-electron chi connectivity index (χ3n) is 6.43. The van der Waals surface area contributed by atoms with Gasteiger partial charge in [-0.2, -0.15) is 0 Å². The van der Waals surface area contributed by atoms with E-state index in [-0.39, 0.29) is 6.04 Å². The van der Waals surface area contributed by atoms with Gasteiger partial charge in [0, 0.05) is 19.3 Å². The number of aliphatic hydroxyl groups is 1. The third-order valence-corrected chi connectivity index (χ3v) is 7.25. The van der Waals surface area contributed by atoms with Crippen LogP contribution in [0.15, 0.2) is 48.4 Å². The highest BCUT2D eigenvalue weighted by atomic mass is 32.1. The number of aliphatic hydroxyl groups excluding tert-OH is 1. The second kappa shape index (κ2) is 7.10. The molecule has 0 spiro atoms. The number of fused-ring (bicyclic) bond motifs is 2. The van der Waals surface area contributed by atoms with Crippen LogP contribution in [0.2, 0.25) is 0 Å². The van der Waals surface area contributed by atoms with E-state index in [2.05, 4.69) is 41.6 Å². The lowest BCUT2D eigenvalue weighted by Gasteiger charge is -2.34. The van der Waals surface area contributed by atoms with Crippen LogP contribution in [0.1, 0.15) is 18.9 Å². The Morgan fingerprint density at radius 2 is 1.90 bits per heavy atom. The third kappa shape index (κ3) is 2.96. The Hall–Kier alpha value is -2.91. The first-order valence-electron chi connectivity index (χ1n) is 10.2. The van der Waals surface area contributed by atoms with Gasteiger partial charge in [0.05, 0.1) is 29.4 Å². The molecule has 2 fully saturated rings. The zero-order chi connectivity index (χ0) is 20.1. The van der Waals surface area contributed by atoms with Crippen molar-refractivity contribution in [3.63, 3.8) is 0 Å². The molecule has 0 amide bonds. The summed E-state index contributed by atoms with van der Waals surface area (Å²) in [6.07, 6.45) is 6.52. The molecule has 4 aromatic heterocycles. The zero-order valence-electron chi connectivity index (χ0n) is 16.2. The van der Waals surface area contributed by atoms with Crippen molar-refractivity contribution < 1.29 is 5.11 Å². The van der Waals surface area contributed by atoms with Gasteiger partial charge < -0.3 is 10.0 Å². The molecule has 1 N–H and O–H groups in total. The number of hydrogen-bond acceptors (Lipinski definition) is 8. The van der Waals surface area contributed by atoms with Crippen molar-refractivity contribution in [2.24, 2.45) is 11.8 Å². The standard InChI is InChI=1S/C21H21N7OS/c29-19-8-14-10-27(20-15-4-6-30-21(15)24-12-23-20)9-13(14)7-18(19)28-11-17(25-26-28)16-3-1-2-5-22-16/h1-6,11-14,18-19,29H,7-10H2/t13-,14+,18-,19-/m1/s1. The van der Waals surface area contributed by atoms with E-state index in [4.69, 9.17) is 0 Å². The summed E-state index contributed by atoms with van der Waals surface area (Å²) in [6, 6.07) is 7.77. The van der Waals surface area contributed by atoms with Crippen LogP contribution >= 0.6 is 11.3 Å². The summed E-state index contributed by atoms with van der Waals surface area (Å²) in [5, 5.41) is 22.7. The number of anilines is 1. The van der Waals surface area contributed by atoms with Gasteiger partial charge in [-0.3, -0.25) is 4.98 Å². The first-order valence-corrected chi connectivity index (χ1v) is 11.1. The monoisotopic (exact) mass is 419 g/mol. The summed E-state index contributed by atoms with van der Waals surface area (Å²) in [4.78, 5) is 16.7. The molecule has 6 rings (SSSR count). The lowest BCUT2D eigenvalue weighted by Crippen LogP contribution is -2.36. The van der Waals surface area contributed by atoms with Crippen LogP contribution in [0.5, 0.6) is 0 Å². The van der Waals surface area contributed by atoms with E-state index in [9.17, 15) is 5.11 Å². The van der Waals surface area contributed by atoms with Gasteiger partial charge >= 0.3 is 0 Å². The van der Waals surface area contributed by atoms with Gasteiger partial charge in [-0.1, -0.05) is 11.3 Å². The van der Waals surface area contributed by atoms with Crippen molar-refractivity contribution in [2.75, 3.05) is 18.0 Å². The summed E-state index contributed by atoms with van der Waals surface area (Å²) in [5.41, 5.74) is 1.53. The Morgan fingerprint density at radius 3 is 2.77 bits per heavy atom. The Bertz CT molecular complexity index is 1180. The summed E-state index contributed by atoms with van der Waals surface area (Å²) < 4.78 is 1.83. The van der Waals surface area contributed by atoms with Crippen molar-refractivity contribution in [3.8, 4) is 11.4 Å². The van der Waals surface area contributed by atoms with E-state index >= 15 is 0 Å². The Balaban J connectivity index is 1.23. The van der Waals surface area contributed by atoms with Crippen molar-refractivity contribution in [3.05, 3.63) is 48.4 Å². The number of rotatable bonds is 3. The molecule has 0 unspecified atom stereocenters. The second-order valence-corrected chi connectivity index (χ2v) is 9.06. The Labute approximate surface area is 177 Å². The fourth-order valence-electron chi connectivity index (χ4n) is 4.96. The molecule has 5 heterocycles. The van der Waals surface area contributed by atoms with E-state index in [1.54, 1.807) is 23.9 Å². The molecule has 1 saturated heterocycles. The molecule has 0 radical (unpaired) electrons. The van der Waals surface area contributed by atoms with E-state index in [1.807, 2.05) is 29.1 Å². The van der Waals surface area contributed by atoms with Crippen molar-refractivity contribution in [2.45, 2.75) is 25.0 Å².